The van der Waals surface area contributed by atoms with Crippen molar-refractivity contribution in [2.24, 2.45) is 5.92 Å². The molecule has 0 spiro atoms. The predicted molar refractivity (Wildman–Crippen MR) is 92.0 cm³/mol. The summed E-state index contributed by atoms with van der Waals surface area (Å²) in [7, 11) is 0. The Kier molecular flexibility index (Phi) is 4.73. The van der Waals surface area contributed by atoms with Crippen molar-refractivity contribution >= 4 is 46.4 Å². The van der Waals surface area contributed by atoms with Crippen LogP contribution < -0.4 is 10.2 Å². The summed E-state index contributed by atoms with van der Waals surface area (Å²) in [6, 6.07) is 10.7. The Morgan fingerprint density at radius 2 is 1.96 bits per heavy atom. The lowest BCUT2D eigenvalue weighted by molar-refractivity contribution is -0.122. The Bertz CT molecular complexity index is 813. The zero-order chi connectivity index (χ0) is 17.3. The van der Waals surface area contributed by atoms with E-state index in [0.29, 0.717) is 15.7 Å². The van der Waals surface area contributed by atoms with Gasteiger partial charge in [0.2, 0.25) is 11.8 Å². The van der Waals surface area contributed by atoms with Crippen molar-refractivity contribution in [2.45, 2.75) is 6.42 Å². The maximum absolute atomic E-state index is 13.9. The van der Waals surface area contributed by atoms with E-state index in [9.17, 15) is 14.0 Å². The molecular formula is C17H13Cl2FN2O2. The van der Waals surface area contributed by atoms with Crippen LogP contribution in [-0.2, 0) is 9.59 Å². The molecule has 2 amide bonds. The average Bonchev–Trinajstić information content (AvgIpc) is 2.93. The van der Waals surface area contributed by atoms with Crippen LogP contribution in [0.5, 0.6) is 0 Å². The van der Waals surface area contributed by atoms with E-state index in [1.807, 2.05) is 0 Å². The maximum atomic E-state index is 13.9. The molecule has 24 heavy (non-hydrogen) atoms. The van der Waals surface area contributed by atoms with Crippen molar-refractivity contribution in [3.8, 4) is 0 Å². The number of rotatable bonds is 3. The molecule has 0 radical (unpaired) electrons. The number of amides is 2. The van der Waals surface area contributed by atoms with E-state index >= 15 is 0 Å². The number of carbonyl (C=O) groups is 2. The number of anilines is 2. The summed E-state index contributed by atoms with van der Waals surface area (Å²) in [5, 5.41) is 3.46. The zero-order valence-electron chi connectivity index (χ0n) is 12.4. The molecule has 0 aromatic heterocycles. The Morgan fingerprint density at radius 1 is 1.21 bits per heavy atom. The molecule has 0 bridgehead atoms. The first-order valence-corrected chi connectivity index (χ1v) is 8.02. The van der Waals surface area contributed by atoms with Gasteiger partial charge in [0.25, 0.3) is 0 Å². The van der Waals surface area contributed by atoms with Crippen LogP contribution in [0.25, 0.3) is 0 Å². The minimum atomic E-state index is -0.591. The van der Waals surface area contributed by atoms with Gasteiger partial charge >= 0.3 is 0 Å². The van der Waals surface area contributed by atoms with E-state index in [-0.39, 0.29) is 30.5 Å². The van der Waals surface area contributed by atoms with Gasteiger partial charge in [0.15, 0.2) is 0 Å². The summed E-state index contributed by atoms with van der Waals surface area (Å²) < 4.78 is 13.9. The molecule has 7 heteroatoms. The minimum absolute atomic E-state index is 0.0123. The first-order valence-electron chi connectivity index (χ1n) is 7.26. The number of halogens is 3. The number of hydrogen-bond acceptors (Lipinski definition) is 2. The third-order valence-corrected chi connectivity index (χ3v) is 4.39. The van der Waals surface area contributed by atoms with Crippen molar-refractivity contribution < 1.29 is 14.0 Å². The lowest BCUT2D eigenvalue weighted by Crippen LogP contribution is -2.28. The van der Waals surface area contributed by atoms with Gasteiger partial charge in [-0.05, 0) is 30.3 Å². The largest absolute Gasteiger partial charge is 0.324 e. The molecule has 1 unspecified atom stereocenters. The van der Waals surface area contributed by atoms with Gasteiger partial charge in [0, 0.05) is 18.0 Å². The van der Waals surface area contributed by atoms with Gasteiger partial charge < -0.3 is 10.2 Å². The number of hydrogen-bond donors (Lipinski definition) is 1. The fourth-order valence-corrected chi connectivity index (χ4v) is 2.95. The van der Waals surface area contributed by atoms with E-state index in [1.54, 1.807) is 24.3 Å². The molecule has 124 valence electrons. The van der Waals surface area contributed by atoms with Crippen LogP contribution in [0.2, 0.25) is 10.0 Å². The van der Waals surface area contributed by atoms with Gasteiger partial charge in [-0.2, -0.15) is 0 Å². The fourth-order valence-electron chi connectivity index (χ4n) is 2.61. The summed E-state index contributed by atoms with van der Waals surface area (Å²) in [5.41, 5.74) is 0.560. The van der Waals surface area contributed by atoms with Crippen LogP contribution in [0.4, 0.5) is 15.8 Å². The first kappa shape index (κ1) is 16.7. The second-order valence-corrected chi connectivity index (χ2v) is 6.31. The molecule has 2 aromatic rings. The average molecular weight is 367 g/mol. The number of nitrogens with one attached hydrogen (secondary N) is 1. The maximum Gasteiger partial charge on any atom is 0.229 e. The summed E-state index contributed by atoms with van der Waals surface area (Å²) in [6.07, 6.45) is 0.0123. The normalized spacial score (nSPS) is 17.2. The van der Waals surface area contributed by atoms with Crippen LogP contribution in [0.1, 0.15) is 6.42 Å². The van der Waals surface area contributed by atoms with Crippen molar-refractivity contribution in [1.29, 1.82) is 0 Å². The summed E-state index contributed by atoms with van der Waals surface area (Å²) in [4.78, 5) is 25.8. The first-order chi connectivity index (χ1) is 11.5. The number of carbonyl (C=O) groups excluding carboxylic acids is 2. The molecule has 1 aliphatic heterocycles. The smallest absolute Gasteiger partial charge is 0.229 e. The molecule has 3 rings (SSSR count). The van der Waals surface area contributed by atoms with E-state index in [1.165, 1.54) is 23.1 Å². The molecule has 1 saturated heterocycles. The molecule has 0 aliphatic carbocycles. The predicted octanol–water partition coefficient (Wildman–Crippen LogP) is 4.12. The topological polar surface area (TPSA) is 49.4 Å². The number of nitrogens with zero attached hydrogens (tertiary/aromatic N) is 1. The van der Waals surface area contributed by atoms with Crippen LogP contribution in [-0.4, -0.2) is 18.4 Å². The third kappa shape index (κ3) is 3.37. The molecule has 1 heterocycles. The highest BCUT2D eigenvalue weighted by Crippen LogP contribution is 2.30. The summed E-state index contributed by atoms with van der Waals surface area (Å²) >= 11 is 11.9. The van der Waals surface area contributed by atoms with Crippen LogP contribution >= 0.6 is 23.2 Å². The van der Waals surface area contributed by atoms with Gasteiger partial charge in [-0.25, -0.2) is 4.39 Å². The van der Waals surface area contributed by atoms with Crippen molar-refractivity contribution in [2.75, 3.05) is 16.8 Å². The summed E-state index contributed by atoms with van der Waals surface area (Å²) in [6.45, 7) is 0.115. The zero-order valence-corrected chi connectivity index (χ0v) is 13.9. The lowest BCUT2D eigenvalue weighted by atomic mass is 10.1. The molecule has 1 fully saturated rings. The molecule has 1 aliphatic rings. The fraction of sp³-hybridized carbons (Fsp3) is 0.176. The van der Waals surface area contributed by atoms with Gasteiger partial charge in [-0.15, -0.1) is 0 Å². The van der Waals surface area contributed by atoms with E-state index in [0.717, 1.165) is 0 Å². The van der Waals surface area contributed by atoms with Gasteiger partial charge in [0.05, 0.1) is 22.3 Å². The lowest BCUT2D eigenvalue weighted by Gasteiger charge is -2.17. The Balaban J connectivity index is 1.75. The highest BCUT2D eigenvalue weighted by Gasteiger charge is 2.36. The highest BCUT2D eigenvalue weighted by molar-refractivity contribution is 6.35. The van der Waals surface area contributed by atoms with Crippen LogP contribution in [0, 0.1) is 11.7 Å². The van der Waals surface area contributed by atoms with Crippen molar-refractivity contribution in [3.63, 3.8) is 0 Å². The van der Waals surface area contributed by atoms with Crippen molar-refractivity contribution in [1.82, 2.24) is 0 Å². The second kappa shape index (κ2) is 6.79. The SMILES string of the molecule is O=C(Nc1cc(Cl)ccc1Cl)C1CC(=O)N(c2ccccc2F)C1. The third-order valence-electron chi connectivity index (χ3n) is 3.83. The second-order valence-electron chi connectivity index (χ2n) is 5.47. The molecule has 1 atom stereocenters. The van der Waals surface area contributed by atoms with Crippen LogP contribution in [0.3, 0.4) is 0 Å². The minimum Gasteiger partial charge on any atom is -0.324 e. The summed E-state index contributed by atoms with van der Waals surface area (Å²) in [5.74, 6) is -1.74. The Morgan fingerprint density at radius 3 is 2.71 bits per heavy atom. The molecule has 1 N–H and O–H groups in total. The number of para-hydroxylation sites is 1. The molecule has 0 saturated carbocycles. The number of benzene rings is 2. The van der Waals surface area contributed by atoms with E-state index in [4.69, 9.17) is 23.2 Å². The van der Waals surface area contributed by atoms with Gasteiger partial charge in [-0.3, -0.25) is 9.59 Å². The van der Waals surface area contributed by atoms with Gasteiger partial charge in [0.1, 0.15) is 5.82 Å². The Labute approximate surface area is 148 Å². The van der Waals surface area contributed by atoms with Crippen LogP contribution in [0.15, 0.2) is 42.5 Å². The van der Waals surface area contributed by atoms with E-state index < -0.39 is 11.7 Å². The molecule has 4 nitrogen and oxygen atoms in total. The quantitative estimate of drug-likeness (QED) is 0.887. The van der Waals surface area contributed by atoms with E-state index in [2.05, 4.69) is 5.32 Å². The molecule has 2 aromatic carbocycles. The monoisotopic (exact) mass is 366 g/mol. The highest BCUT2D eigenvalue weighted by atomic mass is 35.5. The molecular weight excluding hydrogens is 354 g/mol. The van der Waals surface area contributed by atoms with Crippen molar-refractivity contribution in [3.05, 3.63) is 58.3 Å². The standard InChI is InChI=1S/C17H13Cl2FN2O2/c18-11-5-6-12(19)14(8-11)21-17(24)10-7-16(23)22(9-10)15-4-2-1-3-13(15)20/h1-6,8,10H,7,9H2,(H,21,24). The Hall–Kier alpha value is -2.11. The van der Waals surface area contributed by atoms with Gasteiger partial charge in [-0.1, -0.05) is 35.3 Å².